The Bertz CT molecular complexity index is 591. The fraction of sp³-hybridized carbons (Fsp3) is 0.611. The van der Waals surface area contributed by atoms with E-state index in [1.165, 1.54) is 4.90 Å². The molecule has 1 saturated heterocycles. The highest BCUT2D eigenvalue weighted by molar-refractivity contribution is 6.00. The molecule has 1 heterocycles. The molecule has 24 heavy (non-hydrogen) atoms. The van der Waals surface area contributed by atoms with E-state index in [-0.39, 0.29) is 12.3 Å². The SMILES string of the molecule is O=C1N(c2ccc(CCC(F)(F)F)cc2)C(O)CC12CCCCC2. The number of benzene rings is 1. The smallest absolute Gasteiger partial charge is 0.373 e. The highest BCUT2D eigenvalue weighted by Gasteiger charge is 2.51. The molecule has 2 aliphatic rings. The molecule has 6 heteroatoms. The minimum atomic E-state index is -4.17. The van der Waals surface area contributed by atoms with Crippen molar-refractivity contribution in [1.82, 2.24) is 0 Å². The van der Waals surface area contributed by atoms with E-state index in [0.717, 1.165) is 32.1 Å². The summed E-state index contributed by atoms with van der Waals surface area (Å²) in [6, 6.07) is 6.48. The van der Waals surface area contributed by atoms with Crippen LogP contribution in [0.4, 0.5) is 18.9 Å². The maximum atomic E-state index is 12.9. The van der Waals surface area contributed by atoms with Gasteiger partial charge in [0.15, 0.2) is 0 Å². The van der Waals surface area contributed by atoms with Gasteiger partial charge in [-0.2, -0.15) is 13.2 Å². The summed E-state index contributed by atoms with van der Waals surface area (Å²) in [6.07, 6.45) is -0.771. The standard InChI is InChI=1S/C18H22F3NO2/c19-18(20,21)11-8-13-4-6-14(7-5-13)22-15(23)12-17(16(22)24)9-2-1-3-10-17/h4-7,15,23H,1-3,8-12H2. The molecule has 132 valence electrons. The number of aryl methyl sites for hydroxylation is 1. The Kier molecular flexibility index (Phi) is 4.60. The number of rotatable bonds is 3. The van der Waals surface area contributed by atoms with Crippen molar-refractivity contribution in [2.75, 3.05) is 4.90 Å². The molecule has 0 bridgehead atoms. The zero-order valence-electron chi connectivity index (χ0n) is 13.5. The van der Waals surface area contributed by atoms with Crippen LogP contribution in [0.15, 0.2) is 24.3 Å². The van der Waals surface area contributed by atoms with Gasteiger partial charge in [-0.25, -0.2) is 0 Å². The number of aliphatic hydroxyl groups excluding tert-OH is 1. The molecule has 1 aromatic carbocycles. The number of nitrogens with zero attached hydrogens (tertiary/aromatic N) is 1. The van der Waals surface area contributed by atoms with Crippen LogP contribution in [0.25, 0.3) is 0 Å². The summed E-state index contributed by atoms with van der Waals surface area (Å²) in [5.41, 5.74) is 0.683. The van der Waals surface area contributed by atoms with Gasteiger partial charge in [-0.05, 0) is 37.0 Å². The van der Waals surface area contributed by atoms with Crippen molar-refractivity contribution < 1.29 is 23.1 Å². The average Bonchev–Trinajstić information content (AvgIpc) is 2.76. The molecule has 1 aliphatic carbocycles. The maximum Gasteiger partial charge on any atom is 0.389 e. The number of hydrogen-bond acceptors (Lipinski definition) is 2. The Morgan fingerprint density at radius 1 is 1.12 bits per heavy atom. The molecule has 3 nitrogen and oxygen atoms in total. The zero-order chi connectivity index (χ0) is 17.4. The van der Waals surface area contributed by atoms with E-state index in [1.54, 1.807) is 24.3 Å². The molecule has 3 rings (SSSR count). The fourth-order valence-electron chi connectivity index (χ4n) is 3.96. The first kappa shape index (κ1) is 17.3. The van der Waals surface area contributed by atoms with E-state index in [9.17, 15) is 23.1 Å². The van der Waals surface area contributed by atoms with Gasteiger partial charge in [0.05, 0.1) is 5.41 Å². The first-order valence-corrected chi connectivity index (χ1v) is 8.48. The van der Waals surface area contributed by atoms with Crippen molar-refractivity contribution in [2.24, 2.45) is 5.41 Å². The van der Waals surface area contributed by atoms with E-state index in [0.29, 0.717) is 17.7 Å². The molecule has 0 aromatic heterocycles. The van der Waals surface area contributed by atoms with Gasteiger partial charge in [-0.1, -0.05) is 31.4 Å². The van der Waals surface area contributed by atoms with Crippen molar-refractivity contribution in [3.8, 4) is 0 Å². The second-order valence-electron chi connectivity index (χ2n) is 6.98. The molecule has 1 amide bonds. The van der Waals surface area contributed by atoms with Crippen LogP contribution in [-0.2, 0) is 11.2 Å². The summed E-state index contributed by atoms with van der Waals surface area (Å²) in [5, 5.41) is 10.4. The van der Waals surface area contributed by atoms with Crippen molar-refractivity contribution in [3.63, 3.8) is 0 Å². The Labute approximate surface area is 139 Å². The number of carbonyl (C=O) groups is 1. The van der Waals surface area contributed by atoms with Crippen LogP contribution in [0.1, 0.15) is 50.5 Å². The van der Waals surface area contributed by atoms with Crippen LogP contribution in [0.2, 0.25) is 0 Å². The van der Waals surface area contributed by atoms with Gasteiger partial charge in [0.1, 0.15) is 6.23 Å². The average molecular weight is 341 g/mol. The Morgan fingerprint density at radius 3 is 2.33 bits per heavy atom. The summed E-state index contributed by atoms with van der Waals surface area (Å²) < 4.78 is 36.9. The van der Waals surface area contributed by atoms with Gasteiger partial charge in [-0.15, -0.1) is 0 Å². The number of amides is 1. The van der Waals surface area contributed by atoms with Crippen LogP contribution < -0.4 is 4.90 Å². The van der Waals surface area contributed by atoms with Crippen molar-refractivity contribution >= 4 is 11.6 Å². The summed E-state index contributed by atoms with van der Waals surface area (Å²) in [7, 11) is 0. The quantitative estimate of drug-likeness (QED) is 0.896. The lowest BCUT2D eigenvalue weighted by molar-refractivity contribution is -0.134. The second kappa shape index (κ2) is 6.39. The molecule has 1 N–H and O–H groups in total. The number of anilines is 1. The highest BCUT2D eigenvalue weighted by Crippen LogP contribution is 2.47. The van der Waals surface area contributed by atoms with Crippen LogP contribution in [0, 0.1) is 5.41 Å². The lowest BCUT2D eigenvalue weighted by Crippen LogP contribution is -2.38. The highest BCUT2D eigenvalue weighted by atomic mass is 19.4. The molecule has 1 atom stereocenters. The van der Waals surface area contributed by atoms with E-state index in [4.69, 9.17) is 0 Å². The fourth-order valence-corrected chi connectivity index (χ4v) is 3.96. The normalized spacial score (nSPS) is 23.9. The molecule has 1 unspecified atom stereocenters. The number of hydrogen-bond donors (Lipinski definition) is 1. The molecule has 0 radical (unpaired) electrons. The molecule has 1 spiro atoms. The zero-order valence-corrected chi connectivity index (χ0v) is 13.5. The van der Waals surface area contributed by atoms with Crippen LogP contribution >= 0.6 is 0 Å². The molecule has 1 saturated carbocycles. The molecular weight excluding hydrogens is 319 g/mol. The minimum Gasteiger partial charge on any atom is -0.373 e. The van der Waals surface area contributed by atoms with E-state index < -0.39 is 24.2 Å². The Balaban J connectivity index is 1.73. The lowest BCUT2D eigenvalue weighted by atomic mass is 9.73. The monoisotopic (exact) mass is 341 g/mol. The van der Waals surface area contributed by atoms with Crippen LogP contribution in [0.3, 0.4) is 0 Å². The van der Waals surface area contributed by atoms with Crippen molar-refractivity contribution in [1.29, 1.82) is 0 Å². The third-order valence-electron chi connectivity index (χ3n) is 5.27. The summed E-state index contributed by atoms with van der Waals surface area (Å²) in [5.74, 6) is -0.0438. The van der Waals surface area contributed by atoms with E-state index in [1.807, 2.05) is 0 Å². The molecule has 1 aromatic rings. The number of alkyl halides is 3. The third-order valence-corrected chi connectivity index (χ3v) is 5.27. The lowest BCUT2D eigenvalue weighted by Gasteiger charge is -2.31. The van der Waals surface area contributed by atoms with Gasteiger partial charge in [0, 0.05) is 18.5 Å². The van der Waals surface area contributed by atoms with Crippen LogP contribution in [-0.4, -0.2) is 23.4 Å². The van der Waals surface area contributed by atoms with Gasteiger partial charge < -0.3 is 5.11 Å². The van der Waals surface area contributed by atoms with Gasteiger partial charge in [0.2, 0.25) is 5.91 Å². The summed E-state index contributed by atoms with van der Waals surface area (Å²) in [4.78, 5) is 14.3. The minimum absolute atomic E-state index is 0.0438. The van der Waals surface area contributed by atoms with Gasteiger partial charge >= 0.3 is 6.18 Å². The molecular formula is C18H22F3NO2. The predicted octanol–water partition coefficient (Wildman–Crippen LogP) is 4.19. The van der Waals surface area contributed by atoms with Crippen LogP contribution in [0.5, 0.6) is 0 Å². The maximum absolute atomic E-state index is 12.9. The van der Waals surface area contributed by atoms with E-state index in [2.05, 4.69) is 0 Å². The third kappa shape index (κ3) is 3.43. The topological polar surface area (TPSA) is 40.5 Å². The van der Waals surface area contributed by atoms with Gasteiger partial charge in [0.25, 0.3) is 0 Å². The number of aliphatic hydroxyl groups is 1. The number of carbonyl (C=O) groups excluding carboxylic acids is 1. The molecule has 1 aliphatic heterocycles. The Hall–Kier alpha value is -1.56. The summed E-state index contributed by atoms with van der Waals surface area (Å²) in [6.45, 7) is 0. The first-order valence-electron chi connectivity index (χ1n) is 8.48. The first-order chi connectivity index (χ1) is 11.3. The molecule has 2 fully saturated rings. The van der Waals surface area contributed by atoms with Gasteiger partial charge in [-0.3, -0.25) is 9.69 Å². The Morgan fingerprint density at radius 2 is 1.75 bits per heavy atom. The summed E-state index contributed by atoms with van der Waals surface area (Å²) >= 11 is 0. The van der Waals surface area contributed by atoms with Crippen molar-refractivity contribution in [3.05, 3.63) is 29.8 Å². The largest absolute Gasteiger partial charge is 0.389 e. The van der Waals surface area contributed by atoms with E-state index >= 15 is 0 Å². The predicted molar refractivity (Wildman–Crippen MR) is 84.4 cm³/mol. The van der Waals surface area contributed by atoms with Crippen molar-refractivity contribution in [2.45, 2.75) is 63.8 Å². The second-order valence-corrected chi connectivity index (χ2v) is 6.98. The number of halogens is 3.